The molecular weight excluding hydrogens is 316 g/mol. The molecule has 2 aliphatic rings. The molecule has 0 radical (unpaired) electrons. The summed E-state index contributed by atoms with van der Waals surface area (Å²) >= 11 is 0. The van der Waals surface area contributed by atoms with Gasteiger partial charge in [-0.05, 0) is 56.8 Å². The zero-order valence-corrected chi connectivity index (χ0v) is 15.9. The molecule has 2 heteroatoms. The monoisotopic (exact) mass is 344 g/mol. The molecule has 1 fully saturated rings. The van der Waals surface area contributed by atoms with E-state index in [4.69, 9.17) is 0 Å². The quantitative estimate of drug-likeness (QED) is 0.628. The Morgan fingerprint density at radius 1 is 1.00 bits per heavy atom. The molecule has 1 aromatic heterocycles. The van der Waals surface area contributed by atoms with Gasteiger partial charge in [0.2, 0.25) is 0 Å². The van der Waals surface area contributed by atoms with Crippen LogP contribution in [0.2, 0.25) is 0 Å². The molecule has 3 aromatic rings. The highest BCUT2D eigenvalue weighted by atomic mass is 15.2. The fraction of sp³-hybridized carbons (Fsp3) is 0.417. The van der Waals surface area contributed by atoms with Crippen molar-refractivity contribution >= 4 is 10.9 Å². The predicted molar refractivity (Wildman–Crippen MR) is 109 cm³/mol. The number of hydrogen-bond acceptors (Lipinski definition) is 1. The minimum absolute atomic E-state index is 0.614. The van der Waals surface area contributed by atoms with Crippen LogP contribution in [0.1, 0.15) is 47.7 Å². The van der Waals surface area contributed by atoms with Crippen LogP contribution in [0.25, 0.3) is 10.9 Å². The van der Waals surface area contributed by atoms with Crippen LogP contribution in [-0.4, -0.2) is 22.6 Å². The Hall–Kier alpha value is -2.06. The van der Waals surface area contributed by atoms with Crippen LogP contribution in [0.3, 0.4) is 0 Å². The van der Waals surface area contributed by atoms with Crippen molar-refractivity contribution in [2.45, 2.75) is 57.7 Å². The molecule has 2 nitrogen and oxygen atoms in total. The van der Waals surface area contributed by atoms with Gasteiger partial charge in [-0.2, -0.15) is 0 Å². The van der Waals surface area contributed by atoms with Gasteiger partial charge in [0, 0.05) is 41.6 Å². The lowest BCUT2D eigenvalue weighted by Crippen LogP contribution is -2.44. The Bertz CT molecular complexity index is 935. The second kappa shape index (κ2) is 6.28. The van der Waals surface area contributed by atoms with Crippen molar-refractivity contribution in [1.82, 2.24) is 9.47 Å². The molecule has 0 spiro atoms. The Morgan fingerprint density at radius 2 is 1.81 bits per heavy atom. The number of fused-ring (bicyclic) bond motifs is 6. The number of aryl methyl sites for hydroxylation is 3. The topological polar surface area (TPSA) is 8.17 Å². The third-order valence-electron chi connectivity index (χ3n) is 6.71. The number of aromatic nitrogens is 1. The van der Waals surface area contributed by atoms with E-state index in [2.05, 4.69) is 72.0 Å². The van der Waals surface area contributed by atoms with E-state index in [1.807, 2.05) is 0 Å². The standard InChI is InChI=1S/C24H28N2/c1-17-10-12-18(13-11-17)14-15-26-21-8-4-3-7-20(21)24-22-9-5-6-19(25(22)2)16-23(24)26/h3-4,7-8,10-13,19,22H,5-6,9,14-16H2,1-2H3. The number of likely N-dealkylation sites (N-methyl/N-ethyl adjacent to an activating group) is 1. The summed E-state index contributed by atoms with van der Waals surface area (Å²) in [7, 11) is 2.34. The average Bonchev–Trinajstić information content (AvgIpc) is 2.94. The lowest BCUT2D eigenvalue weighted by molar-refractivity contribution is 0.0988. The second-order valence-corrected chi connectivity index (χ2v) is 8.23. The minimum Gasteiger partial charge on any atom is -0.344 e. The minimum atomic E-state index is 0.614. The second-order valence-electron chi connectivity index (χ2n) is 8.23. The van der Waals surface area contributed by atoms with Crippen LogP contribution >= 0.6 is 0 Å². The summed E-state index contributed by atoms with van der Waals surface area (Å²) in [6, 6.07) is 19.5. The molecule has 1 saturated heterocycles. The van der Waals surface area contributed by atoms with Gasteiger partial charge in [0.05, 0.1) is 0 Å². The lowest BCUT2D eigenvalue weighted by atomic mass is 9.82. The fourth-order valence-corrected chi connectivity index (χ4v) is 5.25. The molecule has 0 amide bonds. The van der Waals surface area contributed by atoms with Crippen LogP contribution < -0.4 is 0 Å². The molecule has 2 aliphatic heterocycles. The molecule has 2 bridgehead atoms. The third-order valence-corrected chi connectivity index (χ3v) is 6.71. The molecule has 2 unspecified atom stereocenters. The van der Waals surface area contributed by atoms with Crippen LogP contribution in [0, 0.1) is 6.92 Å². The van der Waals surface area contributed by atoms with Crippen molar-refractivity contribution in [3.8, 4) is 0 Å². The van der Waals surface area contributed by atoms with E-state index in [1.165, 1.54) is 47.7 Å². The van der Waals surface area contributed by atoms with Crippen LogP contribution in [0.4, 0.5) is 0 Å². The van der Waals surface area contributed by atoms with E-state index in [1.54, 1.807) is 11.3 Å². The molecule has 2 aromatic carbocycles. The van der Waals surface area contributed by atoms with Gasteiger partial charge in [-0.1, -0.05) is 48.0 Å². The van der Waals surface area contributed by atoms with Crippen LogP contribution in [0.5, 0.6) is 0 Å². The molecule has 0 aliphatic carbocycles. The van der Waals surface area contributed by atoms with E-state index in [0.717, 1.165) is 19.0 Å². The summed E-state index contributed by atoms with van der Waals surface area (Å²) in [5.74, 6) is 0. The Kier molecular flexibility index (Phi) is 3.90. The van der Waals surface area contributed by atoms with Gasteiger partial charge in [-0.3, -0.25) is 4.90 Å². The zero-order chi connectivity index (χ0) is 17.7. The van der Waals surface area contributed by atoms with Gasteiger partial charge in [-0.25, -0.2) is 0 Å². The third kappa shape index (κ3) is 2.51. The number of rotatable bonds is 3. The van der Waals surface area contributed by atoms with Crippen molar-refractivity contribution in [3.05, 3.63) is 70.9 Å². The Labute approximate surface area is 156 Å². The van der Waals surface area contributed by atoms with Gasteiger partial charge in [0.15, 0.2) is 0 Å². The lowest BCUT2D eigenvalue weighted by Gasteiger charge is -2.44. The summed E-state index contributed by atoms with van der Waals surface area (Å²) in [6.07, 6.45) is 6.36. The summed E-state index contributed by atoms with van der Waals surface area (Å²) in [6.45, 7) is 3.25. The molecule has 2 atom stereocenters. The molecular formula is C24H28N2. The number of benzene rings is 2. The smallest absolute Gasteiger partial charge is 0.0486 e. The molecule has 5 rings (SSSR count). The molecule has 0 N–H and O–H groups in total. The van der Waals surface area contributed by atoms with Crippen molar-refractivity contribution < 1.29 is 0 Å². The number of nitrogens with zero attached hydrogens (tertiary/aromatic N) is 2. The fourth-order valence-electron chi connectivity index (χ4n) is 5.25. The van der Waals surface area contributed by atoms with E-state index >= 15 is 0 Å². The SMILES string of the molecule is Cc1ccc(CCn2c3c(c4ccccc42)C2CCCC(C3)N2C)cc1. The molecule has 26 heavy (non-hydrogen) atoms. The highest BCUT2D eigenvalue weighted by Gasteiger charge is 2.38. The van der Waals surface area contributed by atoms with Gasteiger partial charge in [0.1, 0.15) is 0 Å². The summed E-state index contributed by atoms with van der Waals surface area (Å²) in [5, 5.41) is 1.49. The van der Waals surface area contributed by atoms with Crippen molar-refractivity contribution in [1.29, 1.82) is 0 Å². The maximum atomic E-state index is 2.66. The normalized spacial score (nSPS) is 22.5. The summed E-state index contributed by atoms with van der Waals surface area (Å²) < 4.78 is 2.64. The maximum Gasteiger partial charge on any atom is 0.0486 e. The molecule has 0 saturated carbocycles. The number of hydrogen-bond donors (Lipinski definition) is 0. The largest absolute Gasteiger partial charge is 0.344 e. The summed E-state index contributed by atoms with van der Waals surface area (Å²) in [4.78, 5) is 2.66. The molecule has 134 valence electrons. The van der Waals surface area contributed by atoms with Gasteiger partial charge >= 0.3 is 0 Å². The maximum absolute atomic E-state index is 2.66. The van der Waals surface area contributed by atoms with Crippen molar-refractivity contribution in [2.75, 3.05) is 7.05 Å². The first-order valence-corrected chi connectivity index (χ1v) is 10.1. The predicted octanol–water partition coefficient (Wildman–Crippen LogP) is 5.27. The number of para-hydroxylation sites is 1. The number of piperidine rings is 1. The first kappa shape index (κ1) is 16.1. The van der Waals surface area contributed by atoms with Crippen molar-refractivity contribution in [2.24, 2.45) is 0 Å². The van der Waals surface area contributed by atoms with Crippen LogP contribution in [0.15, 0.2) is 48.5 Å². The first-order valence-electron chi connectivity index (χ1n) is 10.1. The Morgan fingerprint density at radius 3 is 2.65 bits per heavy atom. The average molecular weight is 345 g/mol. The molecule has 3 heterocycles. The van der Waals surface area contributed by atoms with Gasteiger partial charge < -0.3 is 4.57 Å². The van der Waals surface area contributed by atoms with Crippen LogP contribution in [-0.2, 0) is 19.4 Å². The zero-order valence-electron chi connectivity index (χ0n) is 15.9. The van der Waals surface area contributed by atoms with Gasteiger partial charge in [0.25, 0.3) is 0 Å². The van der Waals surface area contributed by atoms with E-state index in [-0.39, 0.29) is 0 Å². The summed E-state index contributed by atoms with van der Waals surface area (Å²) in [5.41, 5.74) is 7.46. The van der Waals surface area contributed by atoms with E-state index in [0.29, 0.717) is 6.04 Å². The van der Waals surface area contributed by atoms with E-state index in [9.17, 15) is 0 Å². The highest BCUT2D eigenvalue weighted by molar-refractivity contribution is 5.86. The highest BCUT2D eigenvalue weighted by Crippen LogP contribution is 2.45. The van der Waals surface area contributed by atoms with Crippen molar-refractivity contribution in [3.63, 3.8) is 0 Å². The van der Waals surface area contributed by atoms with Gasteiger partial charge in [-0.15, -0.1) is 0 Å². The van der Waals surface area contributed by atoms with E-state index < -0.39 is 0 Å². The Balaban J connectivity index is 1.57. The first-order chi connectivity index (χ1) is 12.7.